The fraction of sp³-hybridized carbons (Fsp3) is 0.550. The van der Waals surface area contributed by atoms with Crippen LogP contribution >= 0.6 is 11.6 Å². The van der Waals surface area contributed by atoms with Gasteiger partial charge in [0.25, 0.3) is 0 Å². The summed E-state index contributed by atoms with van der Waals surface area (Å²) in [5.41, 5.74) is 1.63. The van der Waals surface area contributed by atoms with E-state index in [1.165, 1.54) is 6.92 Å². The number of aliphatic imine (C=N–C) groups is 1. The number of nitrogens with one attached hydrogen (secondary N) is 1. The van der Waals surface area contributed by atoms with Crippen molar-refractivity contribution in [2.24, 2.45) is 10.9 Å². The summed E-state index contributed by atoms with van der Waals surface area (Å²) in [5, 5.41) is 3.40. The zero-order chi connectivity index (χ0) is 20.3. The summed E-state index contributed by atoms with van der Waals surface area (Å²) in [7, 11) is 0. The lowest BCUT2D eigenvalue weighted by Gasteiger charge is -2.30. The Kier molecular flexibility index (Phi) is 6.44. The standard InChI is InChI=1S/C20H26ClN3O4/c1-12(2)18-19(26)23-20-22-15-7-8-16(17(21)14(15)11-24(18)20)28-10-6-4-5-9-27-13(3)25/h7-8,12,18H,4-6,9-11H2,1-3H3,(H,22,23,26). The van der Waals surface area contributed by atoms with Gasteiger partial charge in [0.05, 0.1) is 30.5 Å². The average Bonchev–Trinajstić information content (AvgIpc) is 2.95. The van der Waals surface area contributed by atoms with Gasteiger partial charge >= 0.3 is 5.97 Å². The molecule has 0 aromatic heterocycles. The molecule has 1 fully saturated rings. The second-order valence-electron chi connectivity index (χ2n) is 7.37. The van der Waals surface area contributed by atoms with Crippen LogP contribution in [-0.4, -0.2) is 42.0 Å². The third-order valence-corrected chi connectivity index (χ3v) is 5.25. The predicted molar refractivity (Wildman–Crippen MR) is 107 cm³/mol. The van der Waals surface area contributed by atoms with Crippen molar-refractivity contribution in [3.05, 3.63) is 22.7 Å². The molecular weight excluding hydrogens is 382 g/mol. The molecule has 1 unspecified atom stereocenters. The minimum Gasteiger partial charge on any atom is -0.492 e. The number of halogens is 1. The van der Waals surface area contributed by atoms with Crippen molar-refractivity contribution >= 4 is 35.1 Å². The van der Waals surface area contributed by atoms with Gasteiger partial charge in [0.15, 0.2) is 0 Å². The lowest BCUT2D eigenvalue weighted by atomic mass is 10.0. The highest BCUT2D eigenvalue weighted by atomic mass is 35.5. The van der Waals surface area contributed by atoms with E-state index in [2.05, 4.69) is 10.3 Å². The molecule has 1 atom stereocenters. The van der Waals surface area contributed by atoms with E-state index in [-0.39, 0.29) is 23.8 Å². The van der Waals surface area contributed by atoms with Crippen LogP contribution < -0.4 is 10.1 Å². The lowest BCUT2D eigenvalue weighted by Crippen LogP contribution is -2.40. The number of benzene rings is 1. The first-order chi connectivity index (χ1) is 13.4. The highest BCUT2D eigenvalue weighted by Gasteiger charge is 2.41. The van der Waals surface area contributed by atoms with Crippen molar-refractivity contribution in [3.63, 3.8) is 0 Å². The minimum atomic E-state index is -0.252. The Labute approximate surface area is 170 Å². The van der Waals surface area contributed by atoms with E-state index in [1.807, 2.05) is 30.9 Å². The van der Waals surface area contributed by atoms with Crippen molar-refractivity contribution in [1.82, 2.24) is 10.2 Å². The maximum absolute atomic E-state index is 12.3. The van der Waals surface area contributed by atoms with Gasteiger partial charge in [0.2, 0.25) is 11.9 Å². The molecule has 0 aliphatic carbocycles. The SMILES string of the molecule is CC(=O)OCCCCCOc1ccc2c(c1Cl)CN1C(=N2)NC(=O)C1C(C)C. The number of amides is 1. The zero-order valence-electron chi connectivity index (χ0n) is 16.5. The molecule has 3 rings (SSSR count). The van der Waals surface area contributed by atoms with Crippen molar-refractivity contribution in [2.45, 2.75) is 52.6 Å². The number of carbonyl (C=O) groups is 2. The molecule has 2 aliphatic rings. The molecule has 2 aliphatic heterocycles. The van der Waals surface area contributed by atoms with Crippen LogP contribution in [0.3, 0.4) is 0 Å². The molecule has 1 N–H and O–H groups in total. The summed E-state index contributed by atoms with van der Waals surface area (Å²) in [6.07, 6.45) is 2.56. The molecule has 0 spiro atoms. The smallest absolute Gasteiger partial charge is 0.302 e. The quantitative estimate of drug-likeness (QED) is 0.527. The number of carbonyl (C=O) groups excluding carboxylic acids is 2. The van der Waals surface area contributed by atoms with Crippen LogP contribution in [0.4, 0.5) is 5.69 Å². The Hall–Kier alpha value is -2.28. The van der Waals surface area contributed by atoms with E-state index in [0.717, 1.165) is 30.5 Å². The van der Waals surface area contributed by atoms with Gasteiger partial charge in [-0.3, -0.25) is 14.9 Å². The molecule has 0 saturated carbocycles. The molecule has 152 valence electrons. The van der Waals surface area contributed by atoms with E-state index < -0.39 is 0 Å². The van der Waals surface area contributed by atoms with E-state index in [0.29, 0.717) is 36.5 Å². The fourth-order valence-electron chi connectivity index (χ4n) is 3.48. The van der Waals surface area contributed by atoms with Crippen LogP contribution in [0.1, 0.15) is 45.6 Å². The van der Waals surface area contributed by atoms with Gasteiger partial charge in [0, 0.05) is 12.5 Å². The van der Waals surface area contributed by atoms with Crippen LogP contribution in [0, 0.1) is 5.92 Å². The van der Waals surface area contributed by atoms with Gasteiger partial charge in [-0.05, 0) is 37.3 Å². The second-order valence-corrected chi connectivity index (χ2v) is 7.74. The van der Waals surface area contributed by atoms with Crippen LogP contribution in [-0.2, 0) is 20.9 Å². The Balaban J connectivity index is 1.60. The number of nitrogens with zero attached hydrogens (tertiary/aromatic N) is 2. The van der Waals surface area contributed by atoms with Crippen molar-refractivity contribution in [2.75, 3.05) is 13.2 Å². The maximum Gasteiger partial charge on any atom is 0.302 e. The largest absolute Gasteiger partial charge is 0.492 e. The Morgan fingerprint density at radius 3 is 2.79 bits per heavy atom. The van der Waals surface area contributed by atoms with Crippen LogP contribution in [0.15, 0.2) is 17.1 Å². The van der Waals surface area contributed by atoms with E-state index in [1.54, 1.807) is 0 Å². The van der Waals surface area contributed by atoms with Crippen LogP contribution in [0.2, 0.25) is 5.02 Å². The number of guanidine groups is 1. The first kappa shape index (κ1) is 20.5. The number of unbranched alkanes of at least 4 members (excludes halogenated alkanes) is 2. The van der Waals surface area contributed by atoms with Gasteiger partial charge in [-0.25, -0.2) is 4.99 Å². The summed E-state index contributed by atoms with van der Waals surface area (Å²) in [4.78, 5) is 29.5. The molecule has 0 bridgehead atoms. The number of hydrogen-bond acceptors (Lipinski definition) is 6. The van der Waals surface area contributed by atoms with Crippen molar-refractivity contribution in [1.29, 1.82) is 0 Å². The second kappa shape index (κ2) is 8.82. The summed E-state index contributed by atoms with van der Waals surface area (Å²) in [5.74, 6) is 1.10. The first-order valence-corrected chi connectivity index (χ1v) is 10.00. The molecule has 1 saturated heterocycles. The van der Waals surface area contributed by atoms with Gasteiger partial charge in [-0.15, -0.1) is 0 Å². The number of esters is 1. The normalized spacial score (nSPS) is 17.8. The highest BCUT2D eigenvalue weighted by Crippen LogP contribution is 2.40. The third kappa shape index (κ3) is 4.41. The van der Waals surface area contributed by atoms with Gasteiger partial charge in [0.1, 0.15) is 11.8 Å². The molecule has 1 aromatic rings. The Morgan fingerprint density at radius 1 is 1.32 bits per heavy atom. The van der Waals surface area contributed by atoms with E-state index >= 15 is 0 Å². The summed E-state index contributed by atoms with van der Waals surface area (Å²) in [6.45, 7) is 6.94. The Bertz CT molecular complexity index is 794. The summed E-state index contributed by atoms with van der Waals surface area (Å²) >= 11 is 6.59. The number of ether oxygens (including phenoxy) is 2. The average molecular weight is 408 g/mol. The Morgan fingerprint density at radius 2 is 2.07 bits per heavy atom. The fourth-order valence-corrected chi connectivity index (χ4v) is 3.75. The van der Waals surface area contributed by atoms with Crippen LogP contribution in [0.25, 0.3) is 0 Å². The van der Waals surface area contributed by atoms with Gasteiger partial charge < -0.3 is 14.4 Å². The van der Waals surface area contributed by atoms with E-state index in [4.69, 9.17) is 21.1 Å². The highest BCUT2D eigenvalue weighted by molar-refractivity contribution is 6.33. The first-order valence-electron chi connectivity index (χ1n) is 9.62. The molecule has 2 heterocycles. The molecular formula is C20H26ClN3O4. The molecule has 8 heteroatoms. The number of hydrogen-bond donors (Lipinski definition) is 1. The summed E-state index contributed by atoms with van der Waals surface area (Å²) < 4.78 is 10.8. The number of fused-ring (bicyclic) bond motifs is 2. The van der Waals surface area contributed by atoms with Crippen molar-refractivity contribution in [3.8, 4) is 5.75 Å². The molecule has 1 amide bonds. The molecule has 1 aromatic carbocycles. The van der Waals surface area contributed by atoms with E-state index in [9.17, 15) is 9.59 Å². The minimum absolute atomic E-state index is 0.0251. The molecule has 28 heavy (non-hydrogen) atoms. The van der Waals surface area contributed by atoms with Crippen molar-refractivity contribution < 1.29 is 19.1 Å². The molecule has 7 nitrogen and oxygen atoms in total. The maximum atomic E-state index is 12.3. The van der Waals surface area contributed by atoms with Gasteiger partial charge in [-0.2, -0.15) is 0 Å². The summed E-state index contributed by atoms with van der Waals surface area (Å²) in [6, 6.07) is 3.44. The monoisotopic (exact) mass is 407 g/mol. The number of rotatable bonds is 8. The molecule has 0 radical (unpaired) electrons. The zero-order valence-corrected chi connectivity index (χ0v) is 17.2. The lowest BCUT2D eigenvalue weighted by molar-refractivity contribution is -0.141. The topological polar surface area (TPSA) is 80.2 Å². The van der Waals surface area contributed by atoms with Crippen LogP contribution in [0.5, 0.6) is 5.75 Å². The third-order valence-electron chi connectivity index (χ3n) is 4.83. The van der Waals surface area contributed by atoms with Gasteiger partial charge in [-0.1, -0.05) is 25.4 Å². The predicted octanol–water partition coefficient (Wildman–Crippen LogP) is 3.41.